The molecule has 0 unspecified atom stereocenters. The Morgan fingerprint density at radius 2 is 2.26 bits per heavy atom. The summed E-state index contributed by atoms with van der Waals surface area (Å²) in [4.78, 5) is 26.0. The van der Waals surface area contributed by atoms with Crippen molar-refractivity contribution in [3.05, 3.63) is 44.4 Å². The Morgan fingerprint density at radius 3 is 2.84 bits per heavy atom. The molecule has 3 N–H and O–H groups in total. The van der Waals surface area contributed by atoms with E-state index in [2.05, 4.69) is 10.3 Å². The SMILES string of the molecule is Nc1ncc(C(=O)Nc2cccc([N+](=O)[O-])c2Cl)s1. The van der Waals surface area contributed by atoms with Gasteiger partial charge >= 0.3 is 0 Å². The zero-order chi connectivity index (χ0) is 14.0. The van der Waals surface area contributed by atoms with E-state index in [1.54, 1.807) is 0 Å². The van der Waals surface area contributed by atoms with Gasteiger partial charge in [0.1, 0.15) is 9.90 Å². The number of anilines is 2. The predicted molar refractivity (Wildman–Crippen MR) is 72.6 cm³/mol. The molecule has 19 heavy (non-hydrogen) atoms. The van der Waals surface area contributed by atoms with E-state index >= 15 is 0 Å². The van der Waals surface area contributed by atoms with Gasteiger partial charge in [-0.2, -0.15) is 0 Å². The predicted octanol–water partition coefficient (Wildman–Crippen LogP) is 2.54. The number of hydrogen-bond acceptors (Lipinski definition) is 6. The van der Waals surface area contributed by atoms with Crippen LogP contribution in [0.3, 0.4) is 0 Å². The van der Waals surface area contributed by atoms with Crippen molar-refractivity contribution in [1.82, 2.24) is 4.98 Å². The first-order valence-corrected chi connectivity index (χ1v) is 6.14. The van der Waals surface area contributed by atoms with E-state index in [1.165, 1.54) is 24.4 Å². The molecule has 1 aromatic carbocycles. The van der Waals surface area contributed by atoms with Gasteiger partial charge in [-0.3, -0.25) is 14.9 Å². The third-order valence-corrected chi connectivity index (χ3v) is 3.39. The fourth-order valence-electron chi connectivity index (χ4n) is 1.33. The lowest BCUT2D eigenvalue weighted by Crippen LogP contribution is -2.10. The summed E-state index contributed by atoms with van der Waals surface area (Å²) in [5.74, 6) is -0.475. The average Bonchev–Trinajstić information content (AvgIpc) is 2.78. The van der Waals surface area contributed by atoms with Gasteiger partial charge in [0.15, 0.2) is 5.13 Å². The van der Waals surface area contributed by atoms with Crippen molar-refractivity contribution in [1.29, 1.82) is 0 Å². The lowest BCUT2D eigenvalue weighted by atomic mass is 10.2. The zero-order valence-electron chi connectivity index (χ0n) is 9.29. The third-order valence-electron chi connectivity index (χ3n) is 2.17. The van der Waals surface area contributed by atoms with Crippen LogP contribution in [0.25, 0.3) is 0 Å². The van der Waals surface area contributed by atoms with Gasteiger partial charge in [-0.15, -0.1) is 0 Å². The van der Waals surface area contributed by atoms with E-state index < -0.39 is 10.8 Å². The number of carbonyl (C=O) groups is 1. The number of nitro benzene ring substituents is 1. The van der Waals surface area contributed by atoms with E-state index in [9.17, 15) is 14.9 Å². The number of amides is 1. The van der Waals surface area contributed by atoms with E-state index in [1.807, 2.05) is 0 Å². The fraction of sp³-hybridized carbons (Fsp3) is 0. The van der Waals surface area contributed by atoms with E-state index in [0.29, 0.717) is 4.88 Å². The summed E-state index contributed by atoms with van der Waals surface area (Å²) in [6, 6.07) is 4.15. The van der Waals surface area contributed by atoms with Crippen LogP contribution in [0.15, 0.2) is 24.4 Å². The molecule has 0 saturated heterocycles. The number of benzene rings is 1. The first-order valence-electron chi connectivity index (χ1n) is 4.94. The van der Waals surface area contributed by atoms with Crippen molar-refractivity contribution in [2.24, 2.45) is 0 Å². The molecule has 0 radical (unpaired) electrons. The van der Waals surface area contributed by atoms with Gasteiger partial charge in [0.25, 0.3) is 11.6 Å². The standard InChI is InChI=1S/C10H7ClN4O3S/c11-8-5(2-1-3-6(8)15(17)18)14-9(16)7-4-13-10(12)19-7/h1-4H,(H2,12,13)(H,14,16). The molecule has 0 spiro atoms. The van der Waals surface area contributed by atoms with Crippen LogP contribution in [0.1, 0.15) is 9.67 Å². The number of halogens is 1. The van der Waals surface area contributed by atoms with Crippen molar-refractivity contribution in [3.63, 3.8) is 0 Å². The summed E-state index contributed by atoms with van der Waals surface area (Å²) in [6.07, 6.45) is 1.32. The lowest BCUT2D eigenvalue weighted by Gasteiger charge is -2.05. The van der Waals surface area contributed by atoms with Gasteiger partial charge in [0.2, 0.25) is 0 Å². The molecular formula is C10H7ClN4O3S. The molecule has 2 rings (SSSR count). The molecular weight excluding hydrogens is 292 g/mol. The number of nitrogens with two attached hydrogens (primary N) is 1. The van der Waals surface area contributed by atoms with Crippen molar-refractivity contribution < 1.29 is 9.72 Å². The molecule has 0 aliphatic carbocycles. The van der Waals surface area contributed by atoms with E-state index in [4.69, 9.17) is 17.3 Å². The number of carbonyl (C=O) groups excluding carboxylic acids is 1. The first-order chi connectivity index (χ1) is 8.99. The van der Waals surface area contributed by atoms with Crippen molar-refractivity contribution in [3.8, 4) is 0 Å². The summed E-state index contributed by atoms with van der Waals surface area (Å²) in [5, 5.41) is 13.3. The highest BCUT2D eigenvalue weighted by molar-refractivity contribution is 7.17. The Morgan fingerprint density at radius 1 is 1.53 bits per heavy atom. The molecule has 98 valence electrons. The summed E-state index contributed by atoms with van der Waals surface area (Å²) in [6.45, 7) is 0. The van der Waals surface area contributed by atoms with Crippen LogP contribution in [-0.4, -0.2) is 15.8 Å². The minimum absolute atomic E-state index is 0.127. The number of thiazole rings is 1. The summed E-state index contributed by atoms with van der Waals surface area (Å²) in [5.41, 5.74) is 5.30. The molecule has 0 saturated carbocycles. The maximum Gasteiger partial charge on any atom is 0.290 e. The maximum atomic E-state index is 11.8. The third kappa shape index (κ3) is 2.80. The van der Waals surface area contributed by atoms with Gasteiger partial charge < -0.3 is 11.1 Å². The average molecular weight is 299 g/mol. The summed E-state index contributed by atoms with van der Waals surface area (Å²) < 4.78 is 0. The number of nitro groups is 1. The minimum Gasteiger partial charge on any atom is -0.375 e. The van der Waals surface area contributed by atoms with Crippen LogP contribution in [-0.2, 0) is 0 Å². The van der Waals surface area contributed by atoms with Gasteiger partial charge in [0.05, 0.1) is 16.8 Å². The van der Waals surface area contributed by atoms with Gasteiger partial charge in [0, 0.05) is 6.07 Å². The quantitative estimate of drug-likeness (QED) is 0.668. The Labute approximate surface area is 116 Å². The van der Waals surface area contributed by atoms with Gasteiger partial charge in [-0.1, -0.05) is 29.0 Å². The molecule has 1 heterocycles. The molecule has 0 atom stereocenters. The molecule has 7 nitrogen and oxygen atoms in total. The van der Waals surface area contributed by atoms with Gasteiger partial charge in [-0.05, 0) is 6.07 Å². The molecule has 0 aliphatic rings. The van der Waals surface area contributed by atoms with Crippen LogP contribution in [0.4, 0.5) is 16.5 Å². The molecule has 1 amide bonds. The lowest BCUT2D eigenvalue weighted by molar-refractivity contribution is -0.384. The number of nitrogens with zero attached hydrogens (tertiary/aromatic N) is 2. The van der Waals surface area contributed by atoms with Crippen molar-refractivity contribution in [2.75, 3.05) is 11.1 Å². The highest BCUT2D eigenvalue weighted by Crippen LogP contribution is 2.32. The monoisotopic (exact) mass is 298 g/mol. The van der Waals surface area contributed by atoms with Crippen molar-refractivity contribution >= 4 is 45.4 Å². The van der Waals surface area contributed by atoms with Crippen LogP contribution in [0, 0.1) is 10.1 Å². The Balaban J connectivity index is 2.27. The summed E-state index contributed by atoms with van der Waals surface area (Å²) in [7, 11) is 0. The van der Waals surface area contributed by atoms with Crippen LogP contribution >= 0.6 is 22.9 Å². The van der Waals surface area contributed by atoms with Gasteiger partial charge in [-0.25, -0.2) is 4.98 Å². The molecule has 0 aliphatic heterocycles. The fourth-order valence-corrected chi connectivity index (χ4v) is 2.16. The van der Waals surface area contributed by atoms with E-state index in [-0.39, 0.29) is 21.5 Å². The second-order valence-electron chi connectivity index (χ2n) is 3.41. The second-order valence-corrected chi connectivity index (χ2v) is 4.85. The number of aromatic nitrogens is 1. The number of rotatable bonds is 3. The second kappa shape index (κ2) is 5.21. The topological polar surface area (TPSA) is 111 Å². The maximum absolute atomic E-state index is 11.8. The molecule has 0 bridgehead atoms. The molecule has 0 fully saturated rings. The number of nitrogens with one attached hydrogen (secondary N) is 1. The normalized spacial score (nSPS) is 10.2. The first kappa shape index (κ1) is 13.2. The van der Waals surface area contributed by atoms with Crippen LogP contribution in [0.2, 0.25) is 5.02 Å². The van der Waals surface area contributed by atoms with Crippen molar-refractivity contribution in [2.45, 2.75) is 0 Å². The number of hydrogen-bond donors (Lipinski definition) is 2. The Kier molecular flexibility index (Phi) is 3.63. The molecule has 1 aromatic heterocycles. The smallest absolute Gasteiger partial charge is 0.290 e. The number of nitrogen functional groups attached to an aromatic ring is 1. The van der Waals surface area contributed by atoms with E-state index in [0.717, 1.165) is 11.3 Å². The Hall–Kier alpha value is -2.19. The highest BCUT2D eigenvalue weighted by atomic mass is 35.5. The largest absolute Gasteiger partial charge is 0.375 e. The zero-order valence-corrected chi connectivity index (χ0v) is 10.9. The minimum atomic E-state index is -0.622. The Bertz CT molecular complexity index is 658. The summed E-state index contributed by atoms with van der Waals surface area (Å²) >= 11 is 6.86. The van der Waals surface area contributed by atoms with Crippen LogP contribution < -0.4 is 11.1 Å². The molecule has 2 aromatic rings. The molecule has 9 heteroatoms. The highest BCUT2D eigenvalue weighted by Gasteiger charge is 2.18. The van der Waals surface area contributed by atoms with Crippen LogP contribution in [0.5, 0.6) is 0 Å².